The monoisotopic (exact) mass is 418 g/mol. The second-order valence-corrected chi connectivity index (χ2v) is 7.54. The number of pyridine rings is 1. The Kier molecular flexibility index (Phi) is 7.11. The zero-order chi connectivity index (χ0) is 21.5. The van der Waals surface area contributed by atoms with Gasteiger partial charge in [-0.3, -0.25) is 4.79 Å². The second-order valence-electron chi connectivity index (χ2n) is 7.15. The van der Waals surface area contributed by atoms with Crippen molar-refractivity contribution >= 4 is 23.1 Å². The molecule has 0 fully saturated rings. The molecule has 0 bridgehead atoms. The Bertz CT molecular complexity index is 1050. The summed E-state index contributed by atoms with van der Waals surface area (Å²) in [5, 5.41) is 3.75. The fourth-order valence-electron chi connectivity index (χ4n) is 2.96. The average molecular weight is 419 g/mol. The van der Waals surface area contributed by atoms with E-state index in [-0.39, 0.29) is 12.4 Å². The van der Waals surface area contributed by atoms with Crippen LogP contribution in [0.4, 0.5) is 5.69 Å². The first-order valence-corrected chi connectivity index (χ1v) is 10.0. The molecule has 0 saturated heterocycles. The number of nitrogens with zero attached hydrogens (tertiary/aromatic N) is 1. The molecule has 152 valence electrons. The smallest absolute Gasteiger partial charge is 0.195 e. The van der Waals surface area contributed by atoms with E-state index in [9.17, 15) is 4.79 Å². The zero-order valence-electron chi connectivity index (χ0n) is 17.0. The maximum absolute atomic E-state index is 13.3. The summed E-state index contributed by atoms with van der Waals surface area (Å²) < 4.78 is 5.52. The predicted octanol–water partition coefficient (Wildman–Crippen LogP) is 5.71. The van der Waals surface area contributed by atoms with Crippen LogP contribution in [0.3, 0.4) is 0 Å². The molecule has 0 atom stereocenters. The molecular weight excluding hydrogens is 396 g/mol. The average Bonchev–Trinajstić information content (AvgIpc) is 2.77. The Labute approximate surface area is 182 Å². The van der Waals surface area contributed by atoms with E-state index in [1.165, 1.54) is 5.56 Å². The number of anilines is 1. The van der Waals surface area contributed by atoms with Crippen molar-refractivity contribution in [1.82, 2.24) is 4.98 Å². The molecule has 0 saturated carbocycles. The first kappa shape index (κ1) is 21.4. The van der Waals surface area contributed by atoms with Gasteiger partial charge in [0.2, 0.25) is 0 Å². The van der Waals surface area contributed by atoms with Crippen LogP contribution in [-0.2, 0) is 6.54 Å². The van der Waals surface area contributed by atoms with E-state index in [4.69, 9.17) is 22.8 Å². The highest BCUT2D eigenvalue weighted by Gasteiger charge is 2.16. The third-order valence-electron chi connectivity index (χ3n) is 4.67. The first-order chi connectivity index (χ1) is 14.5. The Morgan fingerprint density at radius 1 is 1.17 bits per heavy atom. The van der Waals surface area contributed by atoms with Gasteiger partial charge in [-0.25, -0.2) is 4.98 Å². The molecular formula is C25H23ClN2O2. The molecule has 3 aromatic rings. The van der Waals surface area contributed by atoms with Crippen LogP contribution in [0.5, 0.6) is 5.75 Å². The lowest BCUT2D eigenvalue weighted by molar-refractivity contribution is 0.103. The molecule has 4 nitrogen and oxygen atoms in total. The normalized spacial score (nSPS) is 10.5. The van der Waals surface area contributed by atoms with Gasteiger partial charge in [0.05, 0.1) is 0 Å². The number of hydrogen-bond donors (Lipinski definition) is 1. The van der Waals surface area contributed by atoms with Gasteiger partial charge in [-0.2, -0.15) is 0 Å². The molecule has 0 aliphatic heterocycles. The van der Waals surface area contributed by atoms with Gasteiger partial charge < -0.3 is 10.1 Å². The van der Waals surface area contributed by atoms with Crippen LogP contribution in [0.25, 0.3) is 0 Å². The number of hydrogen-bond acceptors (Lipinski definition) is 4. The molecule has 5 heteroatoms. The number of ketones is 1. The Morgan fingerprint density at radius 2 is 1.93 bits per heavy atom. The van der Waals surface area contributed by atoms with E-state index in [0.717, 1.165) is 5.56 Å². The number of rotatable bonds is 8. The summed E-state index contributed by atoms with van der Waals surface area (Å²) >= 11 is 5.85. The van der Waals surface area contributed by atoms with Crippen molar-refractivity contribution in [3.05, 3.63) is 88.2 Å². The molecule has 0 aliphatic rings. The van der Waals surface area contributed by atoms with Crippen molar-refractivity contribution in [2.45, 2.75) is 26.3 Å². The van der Waals surface area contributed by atoms with E-state index in [1.54, 1.807) is 24.4 Å². The number of nitrogens with one attached hydrogen (secondary N) is 1. The van der Waals surface area contributed by atoms with Crippen LogP contribution >= 0.6 is 11.6 Å². The van der Waals surface area contributed by atoms with Gasteiger partial charge in [-0.05, 0) is 41.3 Å². The van der Waals surface area contributed by atoms with Crippen molar-refractivity contribution in [2.75, 3.05) is 11.9 Å². The minimum Gasteiger partial charge on any atom is -0.481 e. The third-order valence-corrected chi connectivity index (χ3v) is 4.89. The molecule has 2 aromatic carbocycles. The quantitative estimate of drug-likeness (QED) is 0.289. The van der Waals surface area contributed by atoms with Crippen LogP contribution < -0.4 is 10.1 Å². The van der Waals surface area contributed by atoms with Crippen molar-refractivity contribution in [3.8, 4) is 18.1 Å². The second kappa shape index (κ2) is 9.96. The summed E-state index contributed by atoms with van der Waals surface area (Å²) in [6.07, 6.45) is 6.99. The molecule has 0 amide bonds. The molecule has 30 heavy (non-hydrogen) atoms. The number of benzene rings is 2. The van der Waals surface area contributed by atoms with Crippen LogP contribution in [0.2, 0.25) is 5.15 Å². The summed E-state index contributed by atoms with van der Waals surface area (Å²) in [6, 6.07) is 16.7. The van der Waals surface area contributed by atoms with Gasteiger partial charge in [0.15, 0.2) is 5.78 Å². The maximum atomic E-state index is 13.3. The number of terminal acetylenes is 1. The van der Waals surface area contributed by atoms with E-state index < -0.39 is 0 Å². The molecule has 0 unspecified atom stereocenters. The van der Waals surface area contributed by atoms with Gasteiger partial charge in [0.25, 0.3) is 0 Å². The van der Waals surface area contributed by atoms with Crippen LogP contribution in [0.1, 0.15) is 46.8 Å². The Hall–Kier alpha value is -3.29. The molecule has 0 aliphatic carbocycles. The summed E-state index contributed by atoms with van der Waals surface area (Å²) in [5.74, 6) is 3.30. The molecule has 1 N–H and O–H groups in total. The van der Waals surface area contributed by atoms with Crippen molar-refractivity contribution in [2.24, 2.45) is 0 Å². The Balaban J connectivity index is 1.89. The van der Waals surface area contributed by atoms with Gasteiger partial charge >= 0.3 is 0 Å². The van der Waals surface area contributed by atoms with Gasteiger partial charge in [0, 0.05) is 29.6 Å². The highest BCUT2D eigenvalue weighted by Crippen LogP contribution is 2.26. The van der Waals surface area contributed by atoms with Crippen molar-refractivity contribution in [1.29, 1.82) is 0 Å². The van der Waals surface area contributed by atoms with Crippen LogP contribution in [0.15, 0.2) is 60.8 Å². The predicted molar refractivity (Wildman–Crippen MR) is 121 cm³/mol. The van der Waals surface area contributed by atoms with Crippen LogP contribution in [0, 0.1) is 12.3 Å². The standard InChI is InChI=1S/C25H23ClN2O2/c1-4-13-30-21-10-11-23(27-15-18-5-12-24(26)28-16-18)22(14-21)25(29)20-8-6-19(7-9-20)17(2)3/h1,5-12,14,16-17,27H,13,15H2,2-3H3. The van der Waals surface area contributed by atoms with E-state index in [2.05, 4.69) is 30.1 Å². The summed E-state index contributed by atoms with van der Waals surface area (Å²) in [7, 11) is 0. The highest BCUT2D eigenvalue weighted by molar-refractivity contribution is 6.29. The minimum absolute atomic E-state index is 0.0896. The van der Waals surface area contributed by atoms with Crippen molar-refractivity contribution < 1.29 is 9.53 Å². The summed E-state index contributed by atoms with van der Waals surface area (Å²) in [4.78, 5) is 17.4. The van der Waals surface area contributed by atoms with E-state index in [0.29, 0.717) is 40.2 Å². The maximum Gasteiger partial charge on any atom is 0.195 e. The SMILES string of the molecule is C#CCOc1ccc(NCc2ccc(Cl)nc2)c(C(=O)c2ccc(C(C)C)cc2)c1. The Morgan fingerprint density at radius 3 is 2.57 bits per heavy atom. The van der Waals surface area contributed by atoms with Crippen LogP contribution in [-0.4, -0.2) is 17.4 Å². The number of aromatic nitrogens is 1. The molecule has 3 rings (SSSR count). The molecule has 0 spiro atoms. The molecule has 1 heterocycles. The summed E-state index contributed by atoms with van der Waals surface area (Å²) in [6.45, 7) is 4.88. The molecule has 1 aromatic heterocycles. The van der Waals surface area contributed by atoms with E-state index in [1.807, 2.05) is 36.4 Å². The van der Waals surface area contributed by atoms with Gasteiger partial charge in [-0.1, -0.05) is 61.7 Å². The largest absolute Gasteiger partial charge is 0.481 e. The van der Waals surface area contributed by atoms with Crippen molar-refractivity contribution in [3.63, 3.8) is 0 Å². The van der Waals surface area contributed by atoms with E-state index >= 15 is 0 Å². The minimum atomic E-state index is -0.0896. The fraction of sp³-hybridized carbons (Fsp3) is 0.200. The number of ether oxygens (including phenoxy) is 1. The highest BCUT2D eigenvalue weighted by atomic mass is 35.5. The lowest BCUT2D eigenvalue weighted by Gasteiger charge is -2.14. The summed E-state index contributed by atoms with van der Waals surface area (Å²) in [5.41, 5.74) is 3.97. The molecule has 0 radical (unpaired) electrons. The lowest BCUT2D eigenvalue weighted by Crippen LogP contribution is -2.09. The van der Waals surface area contributed by atoms with Gasteiger partial charge in [0.1, 0.15) is 17.5 Å². The zero-order valence-corrected chi connectivity index (χ0v) is 17.7. The lowest BCUT2D eigenvalue weighted by atomic mass is 9.97. The number of halogens is 1. The topological polar surface area (TPSA) is 51.2 Å². The number of carbonyl (C=O) groups is 1. The number of carbonyl (C=O) groups excluding carboxylic acids is 1. The third kappa shape index (κ3) is 5.40. The fourth-order valence-corrected chi connectivity index (χ4v) is 3.08. The first-order valence-electron chi connectivity index (χ1n) is 9.67. The van der Waals surface area contributed by atoms with Gasteiger partial charge in [-0.15, -0.1) is 6.42 Å².